The lowest BCUT2D eigenvalue weighted by Gasteiger charge is -2.37. The fourth-order valence-corrected chi connectivity index (χ4v) is 5.49. The molecule has 1 amide bonds. The number of aromatic amines is 1. The van der Waals surface area contributed by atoms with Crippen molar-refractivity contribution in [2.45, 2.75) is 37.4 Å². The van der Waals surface area contributed by atoms with E-state index < -0.39 is 17.3 Å². The van der Waals surface area contributed by atoms with Gasteiger partial charge in [-0.2, -0.15) is 13.2 Å². The largest absolute Gasteiger partial charge is 0.417 e. The molecular weight excluding hydrogens is 471 g/mol. The third-order valence-electron chi connectivity index (χ3n) is 7.41. The van der Waals surface area contributed by atoms with Crippen LogP contribution in [0.2, 0.25) is 0 Å². The molecule has 10 heteroatoms. The van der Waals surface area contributed by atoms with Crippen molar-refractivity contribution in [3.05, 3.63) is 69.9 Å². The SMILES string of the molecule is CNC(=O)c1ccc(N2CCC(N3CCC(c4cc5cccc(C(F)(F)F)c5c(=O)[nH]4)C3)CC2)cn1. The predicted molar refractivity (Wildman–Crippen MR) is 131 cm³/mol. The molecule has 4 heterocycles. The van der Waals surface area contributed by atoms with E-state index in [1.54, 1.807) is 31.4 Å². The molecule has 2 saturated heterocycles. The van der Waals surface area contributed by atoms with Crippen LogP contribution in [-0.4, -0.2) is 60.0 Å². The molecule has 3 aromatic rings. The number of halogens is 3. The summed E-state index contributed by atoms with van der Waals surface area (Å²) >= 11 is 0. The Kier molecular flexibility index (Phi) is 6.46. The van der Waals surface area contributed by atoms with Gasteiger partial charge in [0, 0.05) is 44.3 Å². The van der Waals surface area contributed by atoms with E-state index in [-0.39, 0.29) is 17.2 Å². The average molecular weight is 500 g/mol. The molecule has 190 valence electrons. The molecule has 1 atom stereocenters. The van der Waals surface area contributed by atoms with Crippen molar-refractivity contribution in [1.29, 1.82) is 0 Å². The fourth-order valence-electron chi connectivity index (χ4n) is 5.49. The van der Waals surface area contributed by atoms with E-state index in [9.17, 15) is 22.8 Å². The van der Waals surface area contributed by atoms with Crippen molar-refractivity contribution < 1.29 is 18.0 Å². The average Bonchev–Trinajstić information content (AvgIpc) is 3.38. The highest BCUT2D eigenvalue weighted by Crippen LogP contribution is 2.35. The van der Waals surface area contributed by atoms with Crippen molar-refractivity contribution in [2.24, 2.45) is 0 Å². The Hall–Kier alpha value is -3.40. The van der Waals surface area contributed by atoms with Crippen LogP contribution in [0, 0.1) is 0 Å². The molecule has 5 rings (SSSR count). The van der Waals surface area contributed by atoms with Gasteiger partial charge >= 0.3 is 6.18 Å². The Balaban J connectivity index is 1.24. The number of rotatable bonds is 4. The summed E-state index contributed by atoms with van der Waals surface area (Å²) in [6, 6.07) is 9.64. The van der Waals surface area contributed by atoms with Gasteiger partial charge in [-0.05, 0) is 55.5 Å². The molecule has 36 heavy (non-hydrogen) atoms. The molecule has 2 N–H and O–H groups in total. The van der Waals surface area contributed by atoms with Crippen LogP contribution in [0.15, 0.2) is 47.4 Å². The number of fused-ring (bicyclic) bond motifs is 1. The van der Waals surface area contributed by atoms with Crippen LogP contribution < -0.4 is 15.8 Å². The van der Waals surface area contributed by atoms with Crippen LogP contribution in [0.1, 0.15) is 46.9 Å². The minimum atomic E-state index is -4.57. The second-order valence-electron chi connectivity index (χ2n) is 9.50. The molecule has 0 aliphatic carbocycles. The number of amides is 1. The van der Waals surface area contributed by atoms with Gasteiger partial charge in [0.05, 0.1) is 22.8 Å². The summed E-state index contributed by atoms with van der Waals surface area (Å²) in [6.45, 7) is 3.41. The Labute approximate surface area is 206 Å². The van der Waals surface area contributed by atoms with Gasteiger partial charge in [0.2, 0.25) is 0 Å². The number of piperidine rings is 1. The third-order valence-corrected chi connectivity index (χ3v) is 7.41. The minimum absolute atomic E-state index is 0.0797. The number of nitrogens with one attached hydrogen (secondary N) is 2. The normalized spacial score (nSPS) is 19.7. The smallest absolute Gasteiger partial charge is 0.370 e. The maximum absolute atomic E-state index is 13.4. The van der Waals surface area contributed by atoms with E-state index in [2.05, 4.69) is 25.1 Å². The first kappa shape index (κ1) is 24.3. The summed E-state index contributed by atoms with van der Waals surface area (Å²) in [5, 5.41) is 2.60. The Bertz CT molecular complexity index is 1310. The third kappa shape index (κ3) is 4.69. The van der Waals surface area contributed by atoms with Gasteiger partial charge in [0.15, 0.2) is 0 Å². The highest BCUT2D eigenvalue weighted by atomic mass is 19.4. The van der Waals surface area contributed by atoms with Crippen LogP contribution in [0.25, 0.3) is 10.8 Å². The standard InChI is InChI=1S/C26H28F3N5O2/c1-30-24(35)21-6-5-19(14-31-21)33-11-8-18(9-12-33)34-10-7-17(15-34)22-13-16-3-2-4-20(26(27,28)29)23(16)25(36)32-22/h2-6,13-14,17-18H,7-12,15H2,1H3,(H,30,35)(H,32,36). The molecule has 2 fully saturated rings. The molecule has 0 saturated carbocycles. The number of pyridine rings is 2. The number of carbonyl (C=O) groups is 1. The topological polar surface area (TPSA) is 81.3 Å². The number of likely N-dealkylation sites (tertiary alicyclic amines) is 1. The van der Waals surface area contributed by atoms with Gasteiger partial charge in [0.1, 0.15) is 5.69 Å². The Morgan fingerprint density at radius 2 is 1.89 bits per heavy atom. The van der Waals surface area contributed by atoms with Gasteiger partial charge < -0.3 is 15.2 Å². The lowest BCUT2D eigenvalue weighted by atomic mass is 9.99. The van der Waals surface area contributed by atoms with E-state index in [4.69, 9.17) is 0 Å². The summed E-state index contributed by atoms with van der Waals surface area (Å²) in [4.78, 5) is 36.1. The van der Waals surface area contributed by atoms with E-state index >= 15 is 0 Å². The molecule has 1 aromatic carbocycles. The number of nitrogens with zero attached hydrogens (tertiary/aromatic N) is 3. The molecule has 7 nitrogen and oxygen atoms in total. The minimum Gasteiger partial charge on any atom is -0.370 e. The molecular formula is C26H28F3N5O2. The van der Waals surface area contributed by atoms with Crippen molar-refractivity contribution in [3.8, 4) is 0 Å². The fraction of sp³-hybridized carbons (Fsp3) is 0.423. The van der Waals surface area contributed by atoms with E-state index in [0.29, 0.717) is 22.8 Å². The van der Waals surface area contributed by atoms with Crippen LogP contribution in [0.4, 0.5) is 18.9 Å². The number of benzene rings is 1. The van der Waals surface area contributed by atoms with Crippen molar-refractivity contribution >= 4 is 22.4 Å². The van der Waals surface area contributed by atoms with Crippen molar-refractivity contribution in [2.75, 3.05) is 38.1 Å². The summed E-state index contributed by atoms with van der Waals surface area (Å²) in [5.74, 6) is -0.131. The molecule has 0 spiro atoms. The number of H-pyrrole nitrogens is 1. The molecule has 0 radical (unpaired) electrons. The van der Waals surface area contributed by atoms with Gasteiger partial charge in [-0.15, -0.1) is 0 Å². The molecule has 0 bridgehead atoms. The number of hydrogen-bond donors (Lipinski definition) is 2. The van der Waals surface area contributed by atoms with Crippen molar-refractivity contribution in [1.82, 2.24) is 20.2 Å². The van der Waals surface area contributed by atoms with Gasteiger partial charge in [-0.1, -0.05) is 12.1 Å². The molecule has 1 unspecified atom stereocenters. The number of anilines is 1. The lowest BCUT2D eigenvalue weighted by Crippen LogP contribution is -2.44. The maximum atomic E-state index is 13.4. The lowest BCUT2D eigenvalue weighted by molar-refractivity contribution is -0.136. The Morgan fingerprint density at radius 3 is 2.56 bits per heavy atom. The van der Waals surface area contributed by atoms with E-state index in [0.717, 1.165) is 57.2 Å². The zero-order chi connectivity index (χ0) is 25.4. The zero-order valence-corrected chi connectivity index (χ0v) is 19.9. The monoisotopic (exact) mass is 499 g/mol. The zero-order valence-electron chi connectivity index (χ0n) is 19.9. The molecule has 2 aromatic heterocycles. The second kappa shape index (κ2) is 9.57. The highest BCUT2D eigenvalue weighted by molar-refractivity contribution is 5.92. The maximum Gasteiger partial charge on any atom is 0.417 e. The quantitative estimate of drug-likeness (QED) is 0.572. The predicted octanol–water partition coefficient (Wildman–Crippen LogP) is 3.76. The first-order valence-corrected chi connectivity index (χ1v) is 12.1. The van der Waals surface area contributed by atoms with Gasteiger partial charge in [-0.25, -0.2) is 4.98 Å². The number of carbonyl (C=O) groups excluding carboxylic acids is 1. The van der Waals surface area contributed by atoms with Crippen LogP contribution in [0.5, 0.6) is 0 Å². The summed E-state index contributed by atoms with van der Waals surface area (Å²) in [5.41, 5.74) is 0.506. The second-order valence-corrected chi connectivity index (χ2v) is 9.50. The number of alkyl halides is 3. The number of hydrogen-bond acceptors (Lipinski definition) is 5. The first-order valence-electron chi connectivity index (χ1n) is 12.1. The van der Waals surface area contributed by atoms with E-state index in [1.807, 2.05) is 6.07 Å². The summed E-state index contributed by atoms with van der Waals surface area (Å²) in [6.07, 6.45) is -0.0297. The van der Waals surface area contributed by atoms with Crippen molar-refractivity contribution in [3.63, 3.8) is 0 Å². The van der Waals surface area contributed by atoms with Crippen LogP contribution in [0.3, 0.4) is 0 Å². The highest BCUT2D eigenvalue weighted by Gasteiger charge is 2.35. The number of aromatic nitrogens is 2. The Morgan fingerprint density at radius 1 is 1.11 bits per heavy atom. The van der Waals surface area contributed by atoms with Crippen LogP contribution >= 0.6 is 0 Å². The van der Waals surface area contributed by atoms with Gasteiger partial charge in [0.25, 0.3) is 11.5 Å². The van der Waals surface area contributed by atoms with Crippen LogP contribution in [-0.2, 0) is 6.18 Å². The molecule has 2 aliphatic rings. The van der Waals surface area contributed by atoms with E-state index in [1.165, 1.54) is 6.07 Å². The van der Waals surface area contributed by atoms with Gasteiger partial charge in [-0.3, -0.25) is 14.5 Å². The first-order chi connectivity index (χ1) is 17.2. The molecule has 2 aliphatic heterocycles. The summed E-state index contributed by atoms with van der Waals surface area (Å²) < 4.78 is 40.1. The summed E-state index contributed by atoms with van der Waals surface area (Å²) in [7, 11) is 1.58.